The molecule has 0 bridgehead atoms. The Morgan fingerprint density at radius 1 is 1.27 bits per heavy atom. The molecule has 0 aliphatic heterocycles. The van der Waals surface area contributed by atoms with E-state index in [1.165, 1.54) is 5.56 Å². The standard InChI is InChI=1S/C10H13N5/c1-7-3-5-8(6-4-7)9(11-2)10-12-14-15-13-10/h3-6,9,11H,1-2H3,(H,12,13,14,15). The molecule has 2 N–H and O–H groups in total. The molecule has 0 spiro atoms. The average molecular weight is 203 g/mol. The number of benzene rings is 1. The van der Waals surface area contributed by atoms with Crippen molar-refractivity contribution in [1.82, 2.24) is 25.9 Å². The van der Waals surface area contributed by atoms with E-state index in [1.807, 2.05) is 7.05 Å². The van der Waals surface area contributed by atoms with Crippen molar-refractivity contribution in [2.75, 3.05) is 7.05 Å². The maximum Gasteiger partial charge on any atom is 0.170 e. The van der Waals surface area contributed by atoms with Gasteiger partial charge in [0.1, 0.15) is 0 Å². The van der Waals surface area contributed by atoms with Crippen molar-refractivity contribution in [3.05, 3.63) is 41.2 Å². The molecule has 1 aromatic heterocycles. The first kappa shape index (κ1) is 9.79. The highest BCUT2D eigenvalue weighted by atomic mass is 15.5. The van der Waals surface area contributed by atoms with Gasteiger partial charge in [0.15, 0.2) is 5.82 Å². The van der Waals surface area contributed by atoms with Gasteiger partial charge in [0, 0.05) is 0 Å². The van der Waals surface area contributed by atoms with Crippen molar-refractivity contribution in [1.29, 1.82) is 0 Å². The molecule has 0 fully saturated rings. The molecule has 0 saturated carbocycles. The molecule has 0 amide bonds. The minimum Gasteiger partial charge on any atom is -0.307 e. The second-order valence-electron chi connectivity index (χ2n) is 3.42. The van der Waals surface area contributed by atoms with E-state index in [2.05, 4.69) is 57.1 Å². The fraction of sp³-hybridized carbons (Fsp3) is 0.300. The van der Waals surface area contributed by atoms with Gasteiger partial charge in [0.2, 0.25) is 0 Å². The summed E-state index contributed by atoms with van der Waals surface area (Å²) in [5.74, 6) is 0.723. The van der Waals surface area contributed by atoms with Gasteiger partial charge in [0.25, 0.3) is 0 Å². The van der Waals surface area contributed by atoms with Gasteiger partial charge >= 0.3 is 0 Å². The maximum absolute atomic E-state index is 3.91. The van der Waals surface area contributed by atoms with Crippen molar-refractivity contribution in [3.8, 4) is 0 Å². The highest BCUT2D eigenvalue weighted by molar-refractivity contribution is 5.27. The molecule has 78 valence electrons. The van der Waals surface area contributed by atoms with Gasteiger partial charge < -0.3 is 5.32 Å². The first-order chi connectivity index (χ1) is 7.31. The predicted molar refractivity (Wildman–Crippen MR) is 56.3 cm³/mol. The summed E-state index contributed by atoms with van der Waals surface area (Å²) < 4.78 is 0. The number of hydrogen-bond donors (Lipinski definition) is 2. The number of aromatic amines is 1. The van der Waals surface area contributed by atoms with E-state index in [0.717, 1.165) is 11.4 Å². The number of nitrogens with zero attached hydrogens (tertiary/aromatic N) is 3. The fourth-order valence-electron chi connectivity index (χ4n) is 1.51. The van der Waals surface area contributed by atoms with Crippen molar-refractivity contribution in [2.45, 2.75) is 13.0 Å². The smallest absolute Gasteiger partial charge is 0.170 e. The SMILES string of the molecule is CNC(c1ccc(C)cc1)c1nnn[nH]1. The van der Waals surface area contributed by atoms with Gasteiger partial charge in [0.05, 0.1) is 6.04 Å². The summed E-state index contributed by atoms with van der Waals surface area (Å²) in [5.41, 5.74) is 2.38. The Kier molecular flexibility index (Phi) is 2.73. The van der Waals surface area contributed by atoms with Gasteiger partial charge in [-0.25, -0.2) is 5.10 Å². The number of aromatic nitrogens is 4. The molecule has 5 heteroatoms. The van der Waals surface area contributed by atoms with Crippen LogP contribution >= 0.6 is 0 Å². The third-order valence-corrected chi connectivity index (χ3v) is 2.33. The molecule has 0 saturated heterocycles. The largest absolute Gasteiger partial charge is 0.307 e. The van der Waals surface area contributed by atoms with E-state index in [0.29, 0.717) is 0 Å². The third kappa shape index (κ3) is 2.02. The second-order valence-corrected chi connectivity index (χ2v) is 3.42. The zero-order valence-corrected chi connectivity index (χ0v) is 8.73. The van der Waals surface area contributed by atoms with Crippen molar-refractivity contribution in [3.63, 3.8) is 0 Å². The quantitative estimate of drug-likeness (QED) is 0.775. The second kappa shape index (κ2) is 4.18. The van der Waals surface area contributed by atoms with E-state index >= 15 is 0 Å². The first-order valence-electron chi connectivity index (χ1n) is 4.78. The van der Waals surface area contributed by atoms with E-state index < -0.39 is 0 Å². The fourth-order valence-corrected chi connectivity index (χ4v) is 1.51. The van der Waals surface area contributed by atoms with Crippen LogP contribution < -0.4 is 5.32 Å². The van der Waals surface area contributed by atoms with Crippen LogP contribution in [-0.2, 0) is 0 Å². The summed E-state index contributed by atoms with van der Waals surface area (Å²) >= 11 is 0. The molecule has 5 nitrogen and oxygen atoms in total. The van der Waals surface area contributed by atoms with Gasteiger partial charge in [-0.1, -0.05) is 29.8 Å². The van der Waals surface area contributed by atoms with Crippen LogP contribution in [0.1, 0.15) is 23.0 Å². The first-order valence-corrected chi connectivity index (χ1v) is 4.78. The molecule has 0 aliphatic rings. The molecule has 2 rings (SSSR count). The van der Waals surface area contributed by atoms with E-state index in [1.54, 1.807) is 0 Å². The Labute approximate surface area is 87.9 Å². The predicted octanol–water partition coefficient (Wildman–Crippen LogP) is 0.817. The monoisotopic (exact) mass is 203 g/mol. The minimum atomic E-state index is 0.0144. The summed E-state index contributed by atoms with van der Waals surface area (Å²) in [7, 11) is 1.88. The Hall–Kier alpha value is -1.75. The molecule has 1 atom stereocenters. The number of hydrogen-bond acceptors (Lipinski definition) is 4. The highest BCUT2D eigenvalue weighted by Gasteiger charge is 2.14. The average Bonchev–Trinajstić information content (AvgIpc) is 2.75. The Bertz CT molecular complexity index is 406. The van der Waals surface area contributed by atoms with E-state index in [4.69, 9.17) is 0 Å². The topological polar surface area (TPSA) is 66.5 Å². The van der Waals surface area contributed by atoms with Crippen LogP contribution in [0, 0.1) is 6.92 Å². The molecule has 1 aromatic carbocycles. The zero-order valence-electron chi connectivity index (χ0n) is 8.73. The van der Waals surface area contributed by atoms with Crippen LogP contribution in [-0.4, -0.2) is 27.7 Å². The van der Waals surface area contributed by atoms with Crippen LogP contribution in [0.4, 0.5) is 0 Å². The Morgan fingerprint density at radius 3 is 2.53 bits per heavy atom. The number of aryl methyl sites for hydroxylation is 1. The number of tetrazole rings is 1. The summed E-state index contributed by atoms with van der Waals surface area (Å²) in [6.45, 7) is 2.06. The third-order valence-electron chi connectivity index (χ3n) is 2.33. The Morgan fingerprint density at radius 2 is 2.00 bits per heavy atom. The van der Waals surface area contributed by atoms with Crippen molar-refractivity contribution >= 4 is 0 Å². The molecule has 2 aromatic rings. The highest BCUT2D eigenvalue weighted by Crippen LogP contribution is 2.17. The summed E-state index contributed by atoms with van der Waals surface area (Å²) in [5, 5.41) is 17.0. The lowest BCUT2D eigenvalue weighted by atomic mass is 10.1. The molecule has 0 radical (unpaired) electrons. The van der Waals surface area contributed by atoms with Crippen LogP contribution in [0.3, 0.4) is 0 Å². The Balaban J connectivity index is 2.31. The van der Waals surface area contributed by atoms with Gasteiger partial charge in [-0.15, -0.1) is 5.10 Å². The minimum absolute atomic E-state index is 0.0144. The van der Waals surface area contributed by atoms with Crippen LogP contribution in [0.5, 0.6) is 0 Å². The lowest BCUT2D eigenvalue weighted by Crippen LogP contribution is -2.19. The molecular formula is C10H13N5. The van der Waals surface area contributed by atoms with Crippen molar-refractivity contribution < 1.29 is 0 Å². The number of H-pyrrole nitrogens is 1. The van der Waals surface area contributed by atoms with Gasteiger partial charge in [-0.05, 0) is 30.0 Å². The van der Waals surface area contributed by atoms with E-state index in [-0.39, 0.29) is 6.04 Å². The molecule has 0 aliphatic carbocycles. The lowest BCUT2D eigenvalue weighted by Gasteiger charge is -2.12. The molecule has 1 unspecified atom stereocenters. The number of rotatable bonds is 3. The maximum atomic E-state index is 3.91. The summed E-state index contributed by atoms with van der Waals surface area (Å²) in [6, 6.07) is 8.30. The van der Waals surface area contributed by atoms with E-state index in [9.17, 15) is 0 Å². The lowest BCUT2D eigenvalue weighted by molar-refractivity contribution is 0.648. The molecule has 15 heavy (non-hydrogen) atoms. The van der Waals surface area contributed by atoms with Crippen LogP contribution in [0.2, 0.25) is 0 Å². The summed E-state index contributed by atoms with van der Waals surface area (Å²) in [4.78, 5) is 0. The number of nitrogens with one attached hydrogen (secondary N) is 2. The summed E-state index contributed by atoms with van der Waals surface area (Å²) in [6.07, 6.45) is 0. The molecule has 1 heterocycles. The van der Waals surface area contributed by atoms with Crippen LogP contribution in [0.25, 0.3) is 0 Å². The van der Waals surface area contributed by atoms with Gasteiger partial charge in [-0.3, -0.25) is 0 Å². The van der Waals surface area contributed by atoms with Crippen molar-refractivity contribution in [2.24, 2.45) is 0 Å². The van der Waals surface area contributed by atoms with Gasteiger partial charge in [-0.2, -0.15) is 0 Å². The zero-order chi connectivity index (χ0) is 10.7. The molecular weight excluding hydrogens is 190 g/mol. The van der Waals surface area contributed by atoms with Crippen LogP contribution in [0.15, 0.2) is 24.3 Å². The normalized spacial score (nSPS) is 12.7.